The maximum atomic E-state index is 13.2. The molecule has 0 unspecified atom stereocenters. The zero-order chi connectivity index (χ0) is 23.0. The van der Waals surface area contributed by atoms with E-state index in [2.05, 4.69) is 20.2 Å². The van der Waals surface area contributed by atoms with Gasteiger partial charge in [0.2, 0.25) is 5.91 Å². The largest absolute Gasteiger partial charge is 0.446 e. The van der Waals surface area contributed by atoms with Crippen molar-refractivity contribution in [2.24, 2.45) is 5.92 Å². The van der Waals surface area contributed by atoms with Crippen molar-refractivity contribution in [1.82, 2.24) is 20.2 Å². The molecule has 2 aromatic heterocycles. The number of carbonyl (C=O) groups is 1. The van der Waals surface area contributed by atoms with E-state index in [-0.39, 0.29) is 31.5 Å². The lowest BCUT2D eigenvalue weighted by atomic mass is 9.84. The van der Waals surface area contributed by atoms with E-state index < -0.39 is 5.92 Å². The Morgan fingerprint density at radius 2 is 2.09 bits per heavy atom. The first-order valence-electron chi connectivity index (χ1n) is 11.9. The molecule has 5 rings (SSSR count). The van der Waals surface area contributed by atoms with Crippen LogP contribution in [0.25, 0.3) is 0 Å². The minimum Gasteiger partial charge on any atom is -0.446 e. The number of aromatic nitrogens is 2. The van der Waals surface area contributed by atoms with E-state index in [1.54, 1.807) is 29.4 Å². The summed E-state index contributed by atoms with van der Waals surface area (Å²) in [6.45, 7) is 4.25. The van der Waals surface area contributed by atoms with E-state index in [9.17, 15) is 13.6 Å². The van der Waals surface area contributed by atoms with Gasteiger partial charge in [0.25, 0.3) is 5.92 Å². The number of rotatable bonds is 7. The fraction of sp³-hybridized carbons (Fsp3) is 0.696. The van der Waals surface area contributed by atoms with Crippen molar-refractivity contribution in [3.05, 3.63) is 28.4 Å². The molecule has 0 spiro atoms. The van der Waals surface area contributed by atoms with Gasteiger partial charge in [0.1, 0.15) is 5.76 Å². The van der Waals surface area contributed by atoms with Crippen LogP contribution in [0.3, 0.4) is 0 Å². The zero-order valence-corrected chi connectivity index (χ0v) is 19.8. The Hall–Kier alpha value is -2.07. The third-order valence-electron chi connectivity index (χ3n) is 6.98. The molecule has 0 radical (unpaired) electrons. The summed E-state index contributed by atoms with van der Waals surface area (Å²) in [7, 11) is 0. The zero-order valence-electron chi connectivity index (χ0n) is 19.0. The van der Waals surface area contributed by atoms with Gasteiger partial charge in [0.05, 0.1) is 31.4 Å². The first-order valence-corrected chi connectivity index (χ1v) is 12.7. The molecule has 2 aliphatic heterocycles. The van der Waals surface area contributed by atoms with Crippen molar-refractivity contribution in [3.63, 3.8) is 0 Å². The average Bonchev–Trinajstić information content (AvgIpc) is 3.36. The van der Waals surface area contributed by atoms with Crippen molar-refractivity contribution in [2.75, 3.05) is 31.1 Å². The number of hydrogen-bond acceptors (Lipinski definition) is 7. The minimum atomic E-state index is -2.56. The highest BCUT2D eigenvalue weighted by atomic mass is 32.1. The molecular weight excluding hydrogens is 448 g/mol. The second-order valence-electron chi connectivity index (χ2n) is 9.70. The molecule has 1 saturated heterocycles. The molecule has 7 nitrogen and oxygen atoms in total. The third-order valence-corrected chi connectivity index (χ3v) is 8.20. The number of anilines is 1. The molecule has 1 amide bonds. The summed E-state index contributed by atoms with van der Waals surface area (Å²) in [5.41, 5.74) is 1.07. The van der Waals surface area contributed by atoms with Crippen LogP contribution < -0.4 is 10.2 Å². The average molecular weight is 480 g/mol. The Kier molecular flexibility index (Phi) is 6.39. The van der Waals surface area contributed by atoms with Gasteiger partial charge < -0.3 is 14.6 Å². The van der Waals surface area contributed by atoms with Crippen LogP contribution in [0.1, 0.15) is 54.3 Å². The number of fused-ring (bicyclic) bond motifs is 1. The molecule has 33 heavy (non-hydrogen) atoms. The summed E-state index contributed by atoms with van der Waals surface area (Å²) >= 11 is 1.59. The van der Waals surface area contributed by atoms with Gasteiger partial charge in [0, 0.05) is 30.9 Å². The summed E-state index contributed by atoms with van der Waals surface area (Å²) in [4.78, 5) is 26.4. The molecule has 3 aliphatic rings. The second kappa shape index (κ2) is 9.29. The Morgan fingerprint density at radius 3 is 2.79 bits per heavy atom. The molecule has 0 aromatic carbocycles. The summed E-state index contributed by atoms with van der Waals surface area (Å²) in [6.07, 6.45) is 8.29. The number of thiazole rings is 1. The normalized spacial score (nSPS) is 24.9. The van der Waals surface area contributed by atoms with Crippen LogP contribution in [0.5, 0.6) is 0 Å². The standard InChI is InChI=1S/C23H31F2N5O2S/c1-15-26-11-18(32-15)10-21(31)27-17-4-2-16(3-5-17)6-8-29-9-7-20-19(12-29)28-22(33-20)30-13-23(24,25)14-30/h11,16-17H,2-10,12-14H2,1H3,(H,27,31). The quantitative estimate of drug-likeness (QED) is 0.655. The number of halogens is 2. The van der Waals surface area contributed by atoms with E-state index in [1.807, 2.05) is 0 Å². The molecule has 1 N–H and O–H groups in total. The summed E-state index contributed by atoms with van der Waals surface area (Å²) in [5, 5.41) is 3.90. The van der Waals surface area contributed by atoms with Gasteiger partial charge in [0.15, 0.2) is 11.0 Å². The maximum absolute atomic E-state index is 13.2. The molecule has 10 heteroatoms. The van der Waals surface area contributed by atoms with Crippen molar-refractivity contribution < 1.29 is 18.0 Å². The Labute approximate surface area is 196 Å². The summed E-state index contributed by atoms with van der Waals surface area (Å²) in [6, 6.07) is 0.248. The predicted octanol–water partition coefficient (Wildman–Crippen LogP) is 3.56. The van der Waals surface area contributed by atoms with E-state index in [0.717, 1.165) is 69.0 Å². The van der Waals surface area contributed by atoms with E-state index >= 15 is 0 Å². The van der Waals surface area contributed by atoms with Crippen molar-refractivity contribution in [3.8, 4) is 0 Å². The molecule has 2 aromatic rings. The number of aryl methyl sites for hydroxylation is 1. The highest BCUT2D eigenvalue weighted by Gasteiger charge is 2.45. The van der Waals surface area contributed by atoms with E-state index in [1.165, 1.54) is 4.88 Å². The van der Waals surface area contributed by atoms with Gasteiger partial charge >= 0.3 is 0 Å². The molecule has 180 valence electrons. The maximum Gasteiger partial charge on any atom is 0.282 e. The first-order chi connectivity index (χ1) is 15.8. The van der Waals surface area contributed by atoms with Gasteiger partial charge in [-0.1, -0.05) is 0 Å². The highest BCUT2D eigenvalue weighted by Crippen LogP contribution is 2.37. The van der Waals surface area contributed by atoms with Crippen LogP contribution in [-0.4, -0.2) is 58.9 Å². The molecule has 0 bridgehead atoms. The number of nitrogens with one attached hydrogen (secondary N) is 1. The predicted molar refractivity (Wildman–Crippen MR) is 122 cm³/mol. The lowest BCUT2D eigenvalue weighted by Gasteiger charge is -2.38. The molecule has 1 aliphatic carbocycles. The fourth-order valence-electron chi connectivity index (χ4n) is 5.10. The molecular formula is C23H31F2N5O2S. The number of hydrogen-bond donors (Lipinski definition) is 1. The van der Waals surface area contributed by atoms with E-state index in [0.29, 0.717) is 17.6 Å². The van der Waals surface area contributed by atoms with Crippen molar-refractivity contribution in [2.45, 2.75) is 70.4 Å². The number of alkyl halides is 2. The molecule has 1 saturated carbocycles. The number of carbonyl (C=O) groups excluding carboxylic acids is 1. The Balaban J connectivity index is 1.02. The lowest BCUT2D eigenvalue weighted by molar-refractivity contribution is -0.121. The number of oxazole rings is 1. The summed E-state index contributed by atoms with van der Waals surface area (Å²) in [5.74, 6) is -0.678. The van der Waals surface area contributed by atoms with E-state index in [4.69, 9.17) is 4.42 Å². The second-order valence-corrected chi connectivity index (χ2v) is 10.8. The van der Waals surface area contributed by atoms with Crippen LogP contribution in [0.2, 0.25) is 0 Å². The third kappa shape index (κ3) is 5.54. The smallest absolute Gasteiger partial charge is 0.282 e. The van der Waals surface area contributed by atoms with Gasteiger partial charge in [-0.25, -0.2) is 18.7 Å². The Morgan fingerprint density at radius 1 is 1.30 bits per heavy atom. The van der Waals surface area contributed by atoms with Gasteiger partial charge in [-0.05, 0) is 51.0 Å². The van der Waals surface area contributed by atoms with Gasteiger partial charge in [-0.15, -0.1) is 11.3 Å². The van der Waals surface area contributed by atoms with Crippen molar-refractivity contribution in [1.29, 1.82) is 0 Å². The molecule has 4 heterocycles. The molecule has 0 atom stereocenters. The monoisotopic (exact) mass is 479 g/mol. The van der Waals surface area contributed by atoms with Gasteiger partial charge in [-0.3, -0.25) is 9.69 Å². The molecule has 2 fully saturated rings. The number of nitrogens with zero attached hydrogens (tertiary/aromatic N) is 4. The van der Waals surface area contributed by atoms with Crippen LogP contribution in [-0.2, 0) is 24.2 Å². The topological polar surface area (TPSA) is 74.5 Å². The lowest BCUT2D eigenvalue weighted by Crippen LogP contribution is -2.56. The Bertz CT molecular complexity index is 977. The van der Waals surface area contributed by atoms with Crippen LogP contribution >= 0.6 is 11.3 Å². The van der Waals surface area contributed by atoms with Crippen LogP contribution in [0.15, 0.2) is 10.6 Å². The first kappa shape index (κ1) is 22.7. The van der Waals surface area contributed by atoms with Gasteiger partial charge in [-0.2, -0.15) is 0 Å². The fourth-order valence-corrected chi connectivity index (χ4v) is 6.15. The van der Waals surface area contributed by atoms with Crippen LogP contribution in [0.4, 0.5) is 13.9 Å². The minimum absolute atomic E-state index is 0.00306. The highest BCUT2D eigenvalue weighted by molar-refractivity contribution is 7.15. The summed E-state index contributed by atoms with van der Waals surface area (Å²) < 4.78 is 31.7. The van der Waals surface area contributed by atoms with Crippen LogP contribution in [0, 0.1) is 12.8 Å². The number of amides is 1. The van der Waals surface area contributed by atoms with Crippen molar-refractivity contribution >= 4 is 22.4 Å². The SMILES string of the molecule is Cc1ncc(CC(=O)NC2CCC(CCN3CCc4sc(N5CC(F)(F)C5)nc4C3)CC2)o1.